The van der Waals surface area contributed by atoms with E-state index < -0.39 is 23.7 Å². The topological polar surface area (TPSA) is 94.8 Å². The van der Waals surface area contributed by atoms with Crippen LogP contribution in [0.25, 0.3) is 11.0 Å². The van der Waals surface area contributed by atoms with E-state index in [4.69, 9.17) is 25.5 Å². The molecule has 1 amide bonds. The molecule has 3 aromatic rings. The van der Waals surface area contributed by atoms with Crippen molar-refractivity contribution in [2.24, 2.45) is 0 Å². The van der Waals surface area contributed by atoms with Gasteiger partial charge in [-0.15, -0.1) is 0 Å². The molecule has 0 saturated carbocycles. The molecule has 7 nitrogen and oxygen atoms in total. The number of carbonyl (C=O) groups is 2. The lowest BCUT2D eigenvalue weighted by atomic mass is 10.1. The minimum Gasteiger partial charge on any atom is -0.445 e. The highest BCUT2D eigenvalue weighted by atomic mass is 35.5. The molecule has 0 saturated heterocycles. The first kappa shape index (κ1) is 23.7. The number of benzene rings is 2. The van der Waals surface area contributed by atoms with Crippen LogP contribution in [0.4, 0.5) is 4.79 Å². The summed E-state index contributed by atoms with van der Waals surface area (Å²) in [4.78, 5) is 36.7. The fourth-order valence-electron chi connectivity index (χ4n) is 2.97. The molecule has 9 heteroatoms. The third-order valence-corrected chi connectivity index (χ3v) is 5.55. The SMILES string of the molecule is CSCCC(NC(=O)OCc1ccccc1)C(=O)Oc1cc2oc(=O)cc(C)c2cc1Cl. The standard InChI is InChI=1S/C23H22ClNO6S/c1-14-10-21(26)30-19-12-20(17(24)11-16(14)19)31-22(27)18(8-9-32-2)25-23(28)29-13-15-6-4-3-5-7-15/h3-7,10-12,18H,8-9,13H2,1-2H3,(H,25,28). The van der Waals surface area contributed by atoms with Crippen molar-refractivity contribution in [3.63, 3.8) is 0 Å². The van der Waals surface area contributed by atoms with Crippen LogP contribution in [-0.4, -0.2) is 30.1 Å². The smallest absolute Gasteiger partial charge is 0.408 e. The van der Waals surface area contributed by atoms with E-state index in [1.165, 1.54) is 23.9 Å². The number of aryl methyl sites for hydroxylation is 1. The van der Waals surface area contributed by atoms with Gasteiger partial charge in [-0.05, 0) is 42.5 Å². The number of carbonyl (C=O) groups excluding carboxylic acids is 2. The van der Waals surface area contributed by atoms with Gasteiger partial charge in [0, 0.05) is 17.5 Å². The van der Waals surface area contributed by atoms with Crippen LogP contribution in [0, 0.1) is 6.92 Å². The van der Waals surface area contributed by atoms with Crippen molar-refractivity contribution < 1.29 is 23.5 Å². The zero-order chi connectivity index (χ0) is 23.1. The highest BCUT2D eigenvalue weighted by Gasteiger charge is 2.24. The second-order valence-corrected chi connectivity index (χ2v) is 8.38. The molecule has 0 spiro atoms. The summed E-state index contributed by atoms with van der Waals surface area (Å²) in [6.45, 7) is 1.83. The van der Waals surface area contributed by atoms with E-state index >= 15 is 0 Å². The third-order valence-electron chi connectivity index (χ3n) is 4.61. The van der Waals surface area contributed by atoms with Gasteiger partial charge in [0.1, 0.15) is 18.2 Å². The van der Waals surface area contributed by atoms with E-state index in [0.717, 1.165) is 5.56 Å². The van der Waals surface area contributed by atoms with Crippen molar-refractivity contribution in [1.29, 1.82) is 0 Å². The lowest BCUT2D eigenvalue weighted by Gasteiger charge is -2.18. The first-order chi connectivity index (χ1) is 15.4. The molecule has 1 atom stereocenters. The number of ether oxygens (including phenoxy) is 2. The van der Waals surface area contributed by atoms with Crippen LogP contribution in [-0.2, 0) is 16.1 Å². The Morgan fingerprint density at radius 3 is 2.66 bits per heavy atom. The number of nitrogens with one attached hydrogen (secondary N) is 1. The molecular formula is C23H22ClNO6S. The summed E-state index contributed by atoms with van der Waals surface area (Å²) in [5.41, 5.74) is 1.25. The Morgan fingerprint density at radius 2 is 1.94 bits per heavy atom. The number of fused-ring (bicyclic) bond motifs is 1. The molecule has 168 valence electrons. The number of alkyl carbamates (subject to hydrolysis) is 1. The molecule has 1 heterocycles. The predicted molar refractivity (Wildman–Crippen MR) is 124 cm³/mol. The van der Waals surface area contributed by atoms with E-state index in [1.807, 2.05) is 36.6 Å². The average molecular weight is 476 g/mol. The monoisotopic (exact) mass is 475 g/mol. The first-order valence-corrected chi connectivity index (χ1v) is 11.6. The average Bonchev–Trinajstić information content (AvgIpc) is 2.77. The summed E-state index contributed by atoms with van der Waals surface area (Å²) < 4.78 is 15.8. The normalized spacial score (nSPS) is 11.7. The number of halogens is 1. The third kappa shape index (κ3) is 6.27. The van der Waals surface area contributed by atoms with Gasteiger partial charge in [-0.2, -0.15) is 11.8 Å². The van der Waals surface area contributed by atoms with Crippen molar-refractivity contribution in [2.45, 2.75) is 26.0 Å². The number of thioether (sulfide) groups is 1. The van der Waals surface area contributed by atoms with Gasteiger partial charge in [0.05, 0.1) is 5.02 Å². The van der Waals surface area contributed by atoms with Crippen molar-refractivity contribution in [2.75, 3.05) is 12.0 Å². The molecule has 3 rings (SSSR count). The van der Waals surface area contributed by atoms with E-state index in [2.05, 4.69) is 5.32 Å². The molecule has 0 aliphatic heterocycles. The summed E-state index contributed by atoms with van der Waals surface area (Å²) in [5, 5.41) is 3.37. The van der Waals surface area contributed by atoms with Crippen molar-refractivity contribution in [3.05, 3.63) is 75.1 Å². The maximum atomic E-state index is 12.8. The van der Waals surface area contributed by atoms with Crippen LogP contribution in [0.3, 0.4) is 0 Å². The van der Waals surface area contributed by atoms with Crippen molar-refractivity contribution in [1.82, 2.24) is 5.32 Å². The summed E-state index contributed by atoms with van der Waals surface area (Å²) in [7, 11) is 0. The Morgan fingerprint density at radius 1 is 1.19 bits per heavy atom. The lowest BCUT2D eigenvalue weighted by molar-refractivity contribution is -0.136. The molecule has 2 aromatic carbocycles. The van der Waals surface area contributed by atoms with Crippen LogP contribution in [0.1, 0.15) is 17.5 Å². The molecule has 32 heavy (non-hydrogen) atoms. The number of esters is 1. The van der Waals surface area contributed by atoms with Crippen LogP contribution in [0.2, 0.25) is 5.02 Å². The van der Waals surface area contributed by atoms with E-state index in [-0.39, 0.29) is 23.0 Å². The van der Waals surface area contributed by atoms with E-state index in [1.54, 1.807) is 13.0 Å². The summed E-state index contributed by atoms with van der Waals surface area (Å²) in [5.74, 6) is -0.0587. The molecule has 0 aliphatic carbocycles. The lowest BCUT2D eigenvalue weighted by Crippen LogP contribution is -2.43. The molecule has 0 fully saturated rings. The molecular weight excluding hydrogens is 454 g/mol. The summed E-state index contributed by atoms with van der Waals surface area (Å²) in [6.07, 6.45) is 1.49. The minimum atomic E-state index is -0.943. The van der Waals surface area contributed by atoms with Crippen LogP contribution < -0.4 is 15.7 Å². The largest absolute Gasteiger partial charge is 0.445 e. The van der Waals surface area contributed by atoms with Gasteiger partial charge in [-0.1, -0.05) is 41.9 Å². The Labute approximate surface area is 194 Å². The van der Waals surface area contributed by atoms with Crippen LogP contribution in [0.15, 0.2) is 57.7 Å². The first-order valence-electron chi connectivity index (χ1n) is 9.79. The van der Waals surface area contributed by atoms with Gasteiger partial charge in [0.25, 0.3) is 0 Å². The highest BCUT2D eigenvalue weighted by molar-refractivity contribution is 7.98. The highest BCUT2D eigenvalue weighted by Crippen LogP contribution is 2.31. The Bertz CT molecular complexity index is 1160. The molecule has 0 aliphatic rings. The van der Waals surface area contributed by atoms with E-state index in [0.29, 0.717) is 23.1 Å². The second kappa shape index (κ2) is 11.1. The number of hydrogen-bond acceptors (Lipinski definition) is 7. The molecule has 1 N–H and O–H groups in total. The maximum Gasteiger partial charge on any atom is 0.408 e. The number of amides is 1. The predicted octanol–water partition coefficient (Wildman–Crippen LogP) is 4.71. The van der Waals surface area contributed by atoms with E-state index in [9.17, 15) is 14.4 Å². The van der Waals surface area contributed by atoms with Crippen LogP contribution in [0.5, 0.6) is 5.75 Å². The molecule has 1 unspecified atom stereocenters. The van der Waals surface area contributed by atoms with Gasteiger partial charge >= 0.3 is 17.7 Å². The fraction of sp³-hybridized carbons (Fsp3) is 0.261. The molecule has 0 bridgehead atoms. The zero-order valence-corrected chi connectivity index (χ0v) is 19.1. The minimum absolute atomic E-state index is 0.0338. The van der Waals surface area contributed by atoms with Crippen molar-refractivity contribution >= 4 is 46.4 Å². The second-order valence-electron chi connectivity index (χ2n) is 6.99. The molecule has 0 radical (unpaired) electrons. The van der Waals surface area contributed by atoms with Gasteiger partial charge < -0.3 is 19.2 Å². The van der Waals surface area contributed by atoms with Gasteiger partial charge in [-0.25, -0.2) is 14.4 Å². The van der Waals surface area contributed by atoms with Gasteiger partial charge in [-0.3, -0.25) is 0 Å². The number of hydrogen-bond donors (Lipinski definition) is 1. The van der Waals surface area contributed by atoms with Gasteiger partial charge in [0.2, 0.25) is 0 Å². The molecule has 1 aromatic heterocycles. The number of rotatable bonds is 8. The zero-order valence-electron chi connectivity index (χ0n) is 17.6. The van der Waals surface area contributed by atoms with Crippen molar-refractivity contribution in [3.8, 4) is 5.75 Å². The maximum absolute atomic E-state index is 12.8. The summed E-state index contributed by atoms with van der Waals surface area (Å²) in [6, 6.07) is 12.6. The van der Waals surface area contributed by atoms with Gasteiger partial charge in [0.15, 0.2) is 5.75 Å². The Kier molecular flexibility index (Phi) is 8.19. The Hall–Kier alpha value is -2.97. The summed E-state index contributed by atoms with van der Waals surface area (Å²) >= 11 is 7.80. The Balaban J connectivity index is 1.72. The fourth-order valence-corrected chi connectivity index (χ4v) is 3.64. The van der Waals surface area contributed by atoms with Crippen LogP contribution >= 0.6 is 23.4 Å². The quantitative estimate of drug-likeness (QED) is 0.286.